The van der Waals surface area contributed by atoms with Crippen molar-refractivity contribution in [1.29, 1.82) is 0 Å². The second-order valence-electron chi connectivity index (χ2n) is 6.81. The first-order chi connectivity index (χ1) is 12.6. The summed E-state index contributed by atoms with van der Waals surface area (Å²) in [7, 11) is 0. The van der Waals surface area contributed by atoms with Crippen LogP contribution in [0.4, 0.5) is 4.79 Å². The van der Waals surface area contributed by atoms with Crippen LogP contribution in [0.2, 0.25) is 0 Å². The van der Waals surface area contributed by atoms with Gasteiger partial charge in [-0.05, 0) is 37.6 Å². The molecule has 0 heterocycles. The molecule has 0 aliphatic heterocycles. The highest BCUT2D eigenvalue weighted by Crippen LogP contribution is 2.17. The smallest absolute Gasteiger partial charge is 0.397 e. The van der Waals surface area contributed by atoms with Crippen molar-refractivity contribution in [3.8, 4) is 0 Å². The zero-order valence-corrected chi connectivity index (χ0v) is 16.2. The monoisotopic (exact) mass is 369 g/mol. The van der Waals surface area contributed by atoms with Crippen LogP contribution in [-0.4, -0.2) is 23.3 Å². The number of aliphatic carboxylic acids is 1. The predicted molar refractivity (Wildman–Crippen MR) is 102 cm³/mol. The molecule has 0 aromatic carbocycles. The molecule has 1 unspecified atom stereocenters. The van der Waals surface area contributed by atoms with E-state index in [0.29, 0.717) is 0 Å². The van der Waals surface area contributed by atoms with Crippen LogP contribution in [0.5, 0.6) is 0 Å². The van der Waals surface area contributed by atoms with Gasteiger partial charge >= 0.3 is 12.1 Å². The molecule has 0 bridgehead atoms. The summed E-state index contributed by atoms with van der Waals surface area (Å²) in [5.74, 6) is -0.713. The summed E-state index contributed by atoms with van der Waals surface area (Å²) in [6.07, 6.45) is 13.8. The largest absolute Gasteiger partial charge is 0.481 e. The molecule has 150 valence electrons. The first kappa shape index (κ1) is 24.2. The third kappa shape index (κ3) is 17.1. The number of unbranched alkanes of at least 4 members (excludes halogenated alkanes) is 10. The van der Waals surface area contributed by atoms with Gasteiger partial charge in [0.2, 0.25) is 0 Å². The van der Waals surface area contributed by atoms with Crippen molar-refractivity contribution in [2.24, 2.45) is 5.11 Å². The molecular weight excluding hydrogens is 334 g/mol. The van der Waals surface area contributed by atoms with Crippen LogP contribution in [-0.2, 0) is 9.53 Å². The van der Waals surface area contributed by atoms with E-state index in [0.717, 1.165) is 77.0 Å². The number of carboxylic acids is 1. The van der Waals surface area contributed by atoms with Gasteiger partial charge in [-0.1, -0.05) is 64.7 Å². The molecular formula is C19H35N3O4. The molecule has 0 fully saturated rings. The molecule has 0 saturated carbocycles. The van der Waals surface area contributed by atoms with E-state index in [9.17, 15) is 9.59 Å². The number of ether oxygens (including phenoxy) is 1. The molecule has 0 aromatic heterocycles. The first-order valence-electron chi connectivity index (χ1n) is 10.1. The third-order valence-electron chi connectivity index (χ3n) is 4.44. The number of hydrogen-bond donors (Lipinski definition) is 1. The maximum absolute atomic E-state index is 11.4. The van der Waals surface area contributed by atoms with Crippen LogP contribution in [0.15, 0.2) is 5.11 Å². The van der Waals surface area contributed by atoms with E-state index in [1.807, 2.05) is 0 Å². The predicted octanol–water partition coefficient (Wildman–Crippen LogP) is 6.76. The van der Waals surface area contributed by atoms with Crippen molar-refractivity contribution in [3.05, 3.63) is 10.4 Å². The van der Waals surface area contributed by atoms with E-state index >= 15 is 0 Å². The summed E-state index contributed by atoms with van der Waals surface area (Å²) >= 11 is 0. The zero-order chi connectivity index (χ0) is 19.5. The molecule has 0 aliphatic carbocycles. The van der Waals surface area contributed by atoms with Crippen LogP contribution >= 0.6 is 0 Å². The molecule has 0 aliphatic rings. The van der Waals surface area contributed by atoms with Gasteiger partial charge in [0.05, 0.1) is 0 Å². The Hall–Kier alpha value is -1.75. The number of rotatable bonds is 17. The Balaban J connectivity index is 3.77. The highest BCUT2D eigenvalue weighted by atomic mass is 16.6. The normalized spacial score (nSPS) is 11.6. The minimum absolute atomic E-state index is 0.152. The van der Waals surface area contributed by atoms with Gasteiger partial charge in [0, 0.05) is 16.4 Å². The van der Waals surface area contributed by atoms with E-state index < -0.39 is 12.1 Å². The zero-order valence-electron chi connectivity index (χ0n) is 16.2. The summed E-state index contributed by atoms with van der Waals surface area (Å²) in [6, 6.07) is 0. The Kier molecular flexibility index (Phi) is 16.8. The molecule has 26 heavy (non-hydrogen) atoms. The van der Waals surface area contributed by atoms with Gasteiger partial charge in [-0.15, -0.1) is 0 Å². The van der Waals surface area contributed by atoms with Crippen LogP contribution in [0.25, 0.3) is 10.4 Å². The minimum atomic E-state index is -0.825. The number of carboxylic acid groups (broad SMARTS) is 1. The molecule has 1 atom stereocenters. The highest BCUT2D eigenvalue weighted by Gasteiger charge is 2.13. The number of amides is 1. The average Bonchev–Trinajstić information content (AvgIpc) is 2.59. The van der Waals surface area contributed by atoms with Crippen molar-refractivity contribution in [3.63, 3.8) is 0 Å². The molecule has 7 nitrogen and oxygen atoms in total. The lowest BCUT2D eigenvalue weighted by Gasteiger charge is -2.16. The quantitative estimate of drug-likeness (QED) is 0.132. The lowest BCUT2D eigenvalue weighted by Crippen LogP contribution is -2.16. The summed E-state index contributed by atoms with van der Waals surface area (Å²) < 4.78 is 5.26. The van der Waals surface area contributed by atoms with E-state index in [1.54, 1.807) is 0 Å². The SMILES string of the molecule is CCCCCCC(CCCCCCCCCCC(=O)O)OC(=O)N=[N+]=[N-]. The van der Waals surface area contributed by atoms with E-state index in [-0.39, 0.29) is 12.5 Å². The molecule has 1 N–H and O–H groups in total. The molecule has 0 rings (SSSR count). The summed E-state index contributed by atoms with van der Waals surface area (Å²) in [6.45, 7) is 2.16. The van der Waals surface area contributed by atoms with Crippen molar-refractivity contribution < 1.29 is 19.4 Å². The summed E-state index contributed by atoms with van der Waals surface area (Å²) in [5, 5.41) is 11.6. The Labute approximate surface area is 157 Å². The Bertz CT molecular complexity index is 423. The fraction of sp³-hybridized carbons (Fsp3) is 0.895. The number of carbonyl (C=O) groups is 2. The lowest BCUT2D eigenvalue weighted by atomic mass is 10.0. The molecule has 0 spiro atoms. The summed E-state index contributed by atoms with van der Waals surface area (Å²) in [4.78, 5) is 24.3. The standard InChI is InChI=1S/C19H35N3O4/c1-2-3-4-11-14-17(26-19(25)21-22-20)15-12-9-7-5-6-8-10-13-16-18(23)24/h17H,2-16H2,1H3,(H,23,24). The van der Waals surface area contributed by atoms with Gasteiger partial charge in [0.1, 0.15) is 6.10 Å². The van der Waals surface area contributed by atoms with Crippen LogP contribution < -0.4 is 0 Å². The topological polar surface area (TPSA) is 112 Å². The number of azide groups is 1. The van der Waals surface area contributed by atoms with E-state index in [4.69, 9.17) is 15.4 Å². The Morgan fingerprint density at radius 3 is 1.92 bits per heavy atom. The molecule has 7 heteroatoms. The molecule has 0 saturated heterocycles. The van der Waals surface area contributed by atoms with Crippen LogP contribution in [0.3, 0.4) is 0 Å². The number of carbonyl (C=O) groups excluding carboxylic acids is 1. The van der Waals surface area contributed by atoms with Crippen molar-refractivity contribution in [1.82, 2.24) is 0 Å². The average molecular weight is 370 g/mol. The second-order valence-corrected chi connectivity index (χ2v) is 6.81. The van der Waals surface area contributed by atoms with Gasteiger partial charge in [-0.3, -0.25) is 4.79 Å². The van der Waals surface area contributed by atoms with E-state index in [1.165, 1.54) is 12.8 Å². The van der Waals surface area contributed by atoms with Crippen molar-refractivity contribution in [2.45, 2.75) is 109 Å². The van der Waals surface area contributed by atoms with Gasteiger partial charge in [-0.25, -0.2) is 4.79 Å². The fourth-order valence-electron chi connectivity index (χ4n) is 2.97. The Morgan fingerprint density at radius 1 is 0.923 bits per heavy atom. The van der Waals surface area contributed by atoms with E-state index in [2.05, 4.69) is 16.9 Å². The van der Waals surface area contributed by atoms with Gasteiger partial charge < -0.3 is 9.84 Å². The summed E-state index contributed by atoms with van der Waals surface area (Å²) in [5.41, 5.74) is 8.30. The first-order valence-corrected chi connectivity index (χ1v) is 10.1. The maximum Gasteiger partial charge on any atom is 0.397 e. The molecule has 0 aromatic rings. The van der Waals surface area contributed by atoms with Crippen molar-refractivity contribution in [2.75, 3.05) is 0 Å². The molecule has 1 amide bonds. The van der Waals surface area contributed by atoms with Gasteiger partial charge in [0.25, 0.3) is 0 Å². The van der Waals surface area contributed by atoms with Crippen LogP contribution in [0.1, 0.15) is 103 Å². The third-order valence-corrected chi connectivity index (χ3v) is 4.44. The fourth-order valence-corrected chi connectivity index (χ4v) is 2.97. The maximum atomic E-state index is 11.4. The van der Waals surface area contributed by atoms with Gasteiger partial charge in [-0.2, -0.15) is 0 Å². The number of hydrogen-bond acceptors (Lipinski definition) is 3. The Morgan fingerprint density at radius 2 is 1.42 bits per heavy atom. The lowest BCUT2D eigenvalue weighted by molar-refractivity contribution is -0.137. The molecule has 0 radical (unpaired) electrons. The minimum Gasteiger partial charge on any atom is -0.481 e. The second kappa shape index (κ2) is 18.1. The highest BCUT2D eigenvalue weighted by molar-refractivity contribution is 5.68. The van der Waals surface area contributed by atoms with Crippen LogP contribution in [0, 0.1) is 0 Å². The van der Waals surface area contributed by atoms with Crippen molar-refractivity contribution >= 4 is 12.1 Å². The van der Waals surface area contributed by atoms with Gasteiger partial charge in [0.15, 0.2) is 0 Å². The number of nitrogens with zero attached hydrogens (tertiary/aromatic N) is 3.